The summed E-state index contributed by atoms with van der Waals surface area (Å²) < 4.78 is 39.2. The highest BCUT2D eigenvalue weighted by Gasteiger charge is 2.32. The first kappa shape index (κ1) is 27.0. The molecule has 1 unspecified atom stereocenters. The fourth-order valence-electron chi connectivity index (χ4n) is 5.48. The van der Waals surface area contributed by atoms with E-state index in [1.54, 1.807) is 19.2 Å². The first-order valence-corrected chi connectivity index (χ1v) is 13.7. The molecule has 3 aromatic carbocycles. The summed E-state index contributed by atoms with van der Waals surface area (Å²) in [5.41, 5.74) is 4.39. The lowest BCUT2D eigenvalue weighted by atomic mass is 10.1. The first-order chi connectivity index (χ1) is 19.9. The second-order valence-corrected chi connectivity index (χ2v) is 10.3. The van der Waals surface area contributed by atoms with E-state index in [-0.39, 0.29) is 11.8 Å². The van der Waals surface area contributed by atoms with Crippen molar-refractivity contribution >= 4 is 22.7 Å². The van der Waals surface area contributed by atoms with E-state index in [1.165, 1.54) is 13.2 Å². The number of esters is 1. The van der Waals surface area contributed by atoms with Gasteiger partial charge in [0.2, 0.25) is 0 Å². The monoisotopic (exact) mass is 560 g/mol. The maximum atomic E-state index is 14.6. The summed E-state index contributed by atoms with van der Waals surface area (Å²) in [6, 6.07) is 16.3. The van der Waals surface area contributed by atoms with Crippen LogP contribution >= 0.6 is 0 Å². The minimum atomic E-state index is -0.812. The van der Waals surface area contributed by atoms with Crippen molar-refractivity contribution in [2.75, 3.05) is 51.9 Å². The molecular weight excluding hydrogens is 527 g/mol. The molecule has 10 heteroatoms. The number of benzene rings is 3. The zero-order chi connectivity index (χ0) is 28.5. The van der Waals surface area contributed by atoms with E-state index in [4.69, 9.17) is 23.9 Å². The Morgan fingerprint density at radius 3 is 2.63 bits per heavy atom. The summed E-state index contributed by atoms with van der Waals surface area (Å²) in [5.74, 6) is 1.48. The lowest BCUT2D eigenvalue weighted by Crippen LogP contribution is -2.46. The van der Waals surface area contributed by atoms with Gasteiger partial charge in [0.05, 0.1) is 48.1 Å². The van der Waals surface area contributed by atoms with Crippen LogP contribution in [0.5, 0.6) is 11.5 Å². The summed E-state index contributed by atoms with van der Waals surface area (Å²) in [5, 5.41) is 0. The molecule has 1 aromatic heterocycles. The number of carbonyl (C=O) groups excluding carboxylic acids is 1. The number of rotatable bonds is 8. The number of fused-ring (bicyclic) bond motifs is 2. The Hall–Kier alpha value is -4.15. The summed E-state index contributed by atoms with van der Waals surface area (Å²) in [6.07, 6.45) is -0.812. The third kappa shape index (κ3) is 5.32. The van der Waals surface area contributed by atoms with Gasteiger partial charge in [0.25, 0.3) is 6.29 Å². The van der Waals surface area contributed by atoms with Crippen LogP contribution in [-0.4, -0.2) is 67.4 Å². The van der Waals surface area contributed by atoms with Gasteiger partial charge in [-0.2, -0.15) is 0 Å². The molecule has 9 nitrogen and oxygen atoms in total. The highest BCUT2D eigenvalue weighted by Crippen LogP contribution is 2.47. The van der Waals surface area contributed by atoms with Crippen LogP contribution in [0.3, 0.4) is 0 Å². The number of methoxy groups -OCH3 is 2. The average Bonchev–Trinajstić information content (AvgIpc) is 3.56. The van der Waals surface area contributed by atoms with E-state index in [1.807, 2.05) is 43.3 Å². The van der Waals surface area contributed by atoms with Crippen molar-refractivity contribution in [3.63, 3.8) is 0 Å². The van der Waals surface area contributed by atoms with Crippen LogP contribution in [0.2, 0.25) is 0 Å². The molecular formula is C31H33FN4O5. The largest absolute Gasteiger partial charge is 0.465 e. The smallest absolute Gasteiger partial charge is 0.337 e. The zero-order valence-electron chi connectivity index (χ0n) is 23.4. The van der Waals surface area contributed by atoms with Crippen LogP contribution in [0.25, 0.3) is 11.0 Å². The van der Waals surface area contributed by atoms with Gasteiger partial charge in [-0.25, -0.2) is 14.2 Å². The van der Waals surface area contributed by atoms with Crippen molar-refractivity contribution in [2.24, 2.45) is 0 Å². The van der Waals surface area contributed by atoms with E-state index in [0.717, 1.165) is 54.3 Å². The van der Waals surface area contributed by atoms with Crippen molar-refractivity contribution < 1.29 is 28.1 Å². The number of anilines is 1. The Labute approximate surface area is 238 Å². The van der Waals surface area contributed by atoms with Gasteiger partial charge in [0.1, 0.15) is 11.6 Å². The van der Waals surface area contributed by atoms with Crippen LogP contribution in [0.15, 0.2) is 54.6 Å². The Balaban J connectivity index is 1.16. The Morgan fingerprint density at radius 1 is 1.05 bits per heavy atom. The lowest BCUT2D eigenvalue weighted by Gasteiger charge is -2.36. The number of nitrogens with zero attached hydrogens (tertiary/aromatic N) is 4. The van der Waals surface area contributed by atoms with E-state index in [2.05, 4.69) is 14.4 Å². The first-order valence-electron chi connectivity index (χ1n) is 13.7. The summed E-state index contributed by atoms with van der Waals surface area (Å²) in [6.45, 7) is 6.89. The number of halogens is 1. The van der Waals surface area contributed by atoms with Crippen LogP contribution in [0.4, 0.5) is 10.1 Å². The molecule has 0 spiro atoms. The van der Waals surface area contributed by atoms with Crippen LogP contribution < -0.4 is 14.4 Å². The summed E-state index contributed by atoms with van der Waals surface area (Å²) in [7, 11) is 3.05. The van der Waals surface area contributed by atoms with Gasteiger partial charge in [-0.15, -0.1) is 0 Å². The average molecular weight is 561 g/mol. The molecule has 0 radical (unpaired) electrons. The van der Waals surface area contributed by atoms with E-state index in [0.29, 0.717) is 42.3 Å². The van der Waals surface area contributed by atoms with Crippen molar-refractivity contribution in [1.82, 2.24) is 14.5 Å². The predicted molar refractivity (Wildman–Crippen MR) is 152 cm³/mol. The molecule has 0 bridgehead atoms. The van der Waals surface area contributed by atoms with E-state index in [9.17, 15) is 9.18 Å². The molecule has 0 N–H and O–H groups in total. The third-order valence-electron chi connectivity index (χ3n) is 7.67. The molecule has 0 aliphatic carbocycles. The number of para-hydroxylation sites is 1. The van der Waals surface area contributed by atoms with Crippen molar-refractivity contribution in [3.8, 4) is 11.5 Å². The van der Waals surface area contributed by atoms with Gasteiger partial charge in [-0.05, 0) is 55.0 Å². The molecule has 2 aliphatic heterocycles. The SMILES string of the molecule is COCCn1c(CN2CCN(c3cccc4c3OC(c3ccc(C)cc3F)O4)CC2)nc2ccc(C(=O)OC)cc21. The van der Waals surface area contributed by atoms with Gasteiger partial charge >= 0.3 is 5.97 Å². The minimum absolute atomic E-state index is 0.337. The van der Waals surface area contributed by atoms with Gasteiger partial charge < -0.3 is 28.4 Å². The Bertz CT molecular complexity index is 1580. The quantitative estimate of drug-likeness (QED) is 0.287. The molecule has 0 saturated carbocycles. The fourth-order valence-corrected chi connectivity index (χ4v) is 5.48. The van der Waals surface area contributed by atoms with Crippen LogP contribution in [-0.2, 0) is 22.6 Å². The number of imidazole rings is 1. The molecule has 0 amide bonds. The minimum Gasteiger partial charge on any atom is -0.465 e. The predicted octanol–water partition coefficient (Wildman–Crippen LogP) is 4.71. The molecule has 3 heterocycles. The van der Waals surface area contributed by atoms with Crippen molar-refractivity contribution in [1.29, 1.82) is 0 Å². The highest BCUT2D eigenvalue weighted by atomic mass is 19.1. The molecule has 4 aromatic rings. The highest BCUT2D eigenvalue weighted by molar-refractivity contribution is 5.93. The number of hydrogen-bond donors (Lipinski definition) is 0. The standard InChI is InChI=1S/C31H33FN4O5/c1-20-7-9-22(23(32)17-20)31-40-27-6-4-5-25(29(27)41-31)35-13-11-34(12-14-35)19-28-33-24-10-8-21(30(37)39-3)18-26(24)36(28)15-16-38-2/h4-10,17-18,31H,11-16,19H2,1-3H3. The van der Waals surface area contributed by atoms with Gasteiger partial charge in [0.15, 0.2) is 11.5 Å². The van der Waals surface area contributed by atoms with Gasteiger partial charge in [0, 0.05) is 39.8 Å². The van der Waals surface area contributed by atoms with Crippen molar-refractivity contribution in [3.05, 3.63) is 82.9 Å². The lowest BCUT2D eigenvalue weighted by molar-refractivity contribution is 0.0455. The molecule has 6 rings (SSSR count). The molecule has 41 heavy (non-hydrogen) atoms. The summed E-state index contributed by atoms with van der Waals surface area (Å²) >= 11 is 0. The molecule has 1 saturated heterocycles. The normalized spacial score (nSPS) is 16.9. The maximum Gasteiger partial charge on any atom is 0.337 e. The fraction of sp³-hybridized carbons (Fsp3) is 0.355. The summed E-state index contributed by atoms with van der Waals surface area (Å²) in [4.78, 5) is 21.7. The number of ether oxygens (including phenoxy) is 4. The van der Waals surface area contributed by atoms with Gasteiger partial charge in [-0.1, -0.05) is 12.1 Å². The van der Waals surface area contributed by atoms with E-state index >= 15 is 0 Å². The number of hydrogen-bond acceptors (Lipinski definition) is 8. The number of aryl methyl sites for hydroxylation is 1. The molecule has 1 fully saturated rings. The number of aromatic nitrogens is 2. The molecule has 214 valence electrons. The van der Waals surface area contributed by atoms with Crippen LogP contribution in [0, 0.1) is 12.7 Å². The number of carbonyl (C=O) groups is 1. The number of piperazine rings is 1. The zero-order valence-corrected chi connectivity index (χ0v) is 23.4. The third-order valence-corrected chi connectivity index (χ3v) is 7.67. The Kier molecular flexibility index (Phi) is 7.51. The molecule has 2 aliphatic rings. The molecule has 1 atom stereocenters. The van der Waals surface area contributed by atoms with Gasteiger partial charge in [-0.3, -0.25) is 4.90 Å². The topological polar surface area (TPSA) is 78.3 Å². The Morgan fingerprint density at radius 2 is 1.88 bits per heavy atom. The second-order valence-electron chi connectivity index (χ2n) is 10.3. The van der Waals surface area contributed by atoms with E-state index < -0.39 is 6.29 Å². The second kappa shape index (κ2) is 11.4. The van der Waals surface area contributed by atoms with Crippen molar-refractivity contribution in [2.45, 2.75) is 26.3 Å². The maximum absolute atomic E-state index is 14.6. The van der Waals surface area contributed by atoms with Crippen LogP contribution in [0.1, 0.15) is 33.6 Å².